The van der Waals surface area contributed by atoms with E-state index in [1.165, 1.54) is 12.5 Å². The molecule has 1 aromatic rings. The van der Waals surface area contributed by atoms with Crippen molar-refractivity contribution in [3.63, 3.8) is 0 Å². The van der Waals surface area contributed by atoms with Crippen LogP contribution in [-0.4, -0.2) is 67.8 Å². The van der Waals surface area contributed by atoms with Crippen LogP contribution >= 0.6 is 11.6 Å². The van der Waals surface area contributed by atoms with Gasteiger partial charge in [-0.3, -0.25) is 14.7 Å². The van der Waals surface area contributed by atoms with Crippen molar-refractivity contribution in [3.8, 4) is 0 Å². The first-order chi connectivity index (χ1) is 15.8. The van der Waals surface area contributed by atoms with Gasteiger partial charge in [0.15, 0.2) is 0 Å². The Morgan fingerprint density at radius 2 is 2.03 bits per heavy atom. The summed E-state index contributed by atoms with van der Waals surface area (Å²) in [7, 11) is 0. The molecule has 0 bridgehead atoms. The summed E-state index contributed by atoms with van der Waals surface area (Å²) in [6.45, 7) is 12.6. The topological polar surface area (TPSA) is 57.5 Å². The largest absolute Gasteiger partial charge is 0.465 e. The average Bonchev–Trinajstić information content (AvgIpc) is 2.79. The first-order valence-corrected chi connectivity index (χ1v) is 12.1. The predicted octanol–water partition coefficient (Wildman–Crippen LogP) is 4.53. The molecule has 0 aromatic heterocycles. The molecule has 7 heteroatoms. The Morgan fingerprint density at radius 3 is 2.70 bits per heavy atom. The van der Waals surface area contributed by atoms with Crippen molar-refractivity contribution in [3.05, 3.63) is 52.6 Å². The molecule has 2 heterocycles. The first kappa shape index (κ1) is 23.7. The lowest BCUT2D eigenvalue weighted by Gasteiger charge is -2.39. The third-order valence-corrected chi connectivity index (χ3v) is 7.06. The highest BCUT2D eigenvalue weighted by Crippen LogP contribution is 2.40. The Morgan fingerprint density at radius 1 is 1.27 bits per heavy atom. The number of carbonyl (C=O) groups is 1. The first-order valence-electron chi connectivity index (χ1n) is 11.7. The van der Waals surface area contributed by atoms with Crippen LogP contribution in [0.25, 0.3) is 0 Å². The molecule has 3 aliphatic rings. The molecule has 0 radical (unpaired) electrons. The van der Waals surface area contributed by atoms with Gasteiger partial charge in [-0.2, -0.15) is 0 Å². The van der Waals surface area contributed by atoms with Gasteiger partial charge in [-0.15, -0.1) is 0 Å². The molecule has 0 N–H and O–H groups in total. The zero-order valence-corrected chi connectivity index (χ0v) is 20.7. The van der Waals surface area contributed by atoms with E-state index < -0.39 is 0 Å². The molecule has 1 fully saturated rings. The molecule has 33 heavy (non-hydrogen) atoms. The predicted molar refractivity (Wildman–Crippen MR) is 136 cm³/mol. The van der Waals surface area contributed by atoms with Crippen LogP contribution in [0, 0.1) is 5.41 Å². The Hall–Kier alpha value is -2.44. The minimum Gasteiger partial charge on any atom is -0.465 e. The number of allylic oxidation sites excluding steroid dienone is 2. The summed E-state index contributed by atoms with van der Waals surface area (Å²) in [5, 5.41) is 0.745. The number of hydrogen-bond donors (Lipinski definition) is 0. The van der Waals surface area contributed by atoms with E-state index in [1.807, 2.05) is 6.92 Å². The fourth-order valence-electron chi connectivity index (χ4n) is 4.87. The maximum Gasteiger partial charge on any atom is 0.302 e. The number of carbonyl (C=O) groups excluding carboxylic acids is 1. The number of aliphatic imine (C=N–C) groups is 2. The molecule has 1 saturated heterocycles. The Labute approximate surface area is 201 Å². The molecule has 1 aromatic carbocycles. The number of hydrogen-bond acceptors (Lipinski definition) is 6. The normalized spacial score (nSPS) is 25.2. The molecule has 6 nitrogen and oxygen atoms in total. The van der Waals surface area contributed by atoms with E-state index in [1.54, 1.807) is 0 Å². The second-order valence-electron chi connectivity index (χ2n) is 9.13. The van der Waals surface area contributed by atoms with Crippen LogP contribution < -0.4 is 4.90 Å². The molecular weight excluding hydrogens is 436 g/mol. The summed E-state index contributed by atoms with van der Waals surface area (Å²) in [4.78, 5) is 25.3. The standard InChI is InChI=1S/C26H33ClN4O2/c1-5-20-6-9-24-26(4,17-20)25(29-18(2)28-24)21-7-8-23(22(27)16-21)31-12-10-30(11-13-31)14-15-33-19(3)32/h6-9,16-17,24H,5,10-15H2,1-4H3. The minimum atomic E-state index is -0.280. The fraction of sp³-hybridized carbons (Fsp3) is 0.500. The summed E-state index contributed by atoms with van der Waals surface area (Å²) in [6.07, 6.45) is 7.70. The molecule has 2 unspecified atom stereocenters. The SMILES string of the molecule is CCC1=CC2(C)C(c3ccc(N4CCN(CCOC(C)=O)CC4)c(Cl)c3)=NC(C)=NC2C=C1. The number of rotatable bonds is 6. The van der Waals surface area contributed by atoms with Crippen molar-refractivity contribution in [1.29, 1.82) is 0 Å². The number of esters is 1. The van der Waals surface area contributed by atoms with Crippen LogP contribution in [0.4, 0.5) is 5.69 Å². The van der Waals surface area contributed by atoms with Gasteiger partial charge in [-0.25, -0.2) is 4.99 Å². The molecule has 0 amide bonds. The summed E-state index contributed by atoms with van der Waals surface area (Å²) in [6, 6.07) is 6.38. The number of fused-ring (bicyclic) bond motifs is 1. The Bertz CT molecular complexity index is 1040. The van der Waals surface area contributed by atoms with Gasteiger partial charge < -0.3 is 9.64 Å². The van der Waals surface area contributed by atoms with Gasteiger partial charge in [-0.05, 0) is 38.0 Å². The van der Waals surface area contributed by atoms with Gasteiger partial charge in [0, 0.05) is 39.6 Å². The zero-order chi connectivity index (χ0) is 23.6. The highest BCUT2D eigenvalue weighted by molar-refractivity contribution is 6.34. The number of benzene rings is 1. The van der Waals surface area contributed by atoms with Crippen molar-refractivity contribution >= 4 is 34.8 Å². The lowest BCUT2D eigenvalue weighted by Crippen LogP contribution is -2.47. The number of anilines is 1. The van der Waals surface area contributed by atoms with Crippen LogP contribution in [0.15, 0.2) is 52.0 Å². The molecule has 0 spiro atoms. The fourth-order valence-corrected chi connectivity index (χ4v) is 5.17. The maximum atomic E-state index is 11.0. The van der Waals surface area contributed by atoms with Crippen molar-refractivity contribution in [1.82, 2.24) is 4.90 Å². The van der Waals surface area contributed by atoms with Crippen LogP contribution in [0.5, 0.6) is 0 Å². The Kier molecular flexibility index (Phi) is 7.05. The third kappa shape index (κ3) is 5.07. The molecule has 2 atom stereocenters. The lowest BCUT2D eigenvalue weighted by molar-refractivity contribution is -0.141. The van der Waals surface area contributed by atoms with E-state index in [-0.39, 0.29) is 17.4 Å². The molecule has 1 aliphatic carbocycles. The summed E-state index contributed by atoms with van der Waals surface area (Å²) >= 11 is 6.82. The molecular formula is C26H33ClN4O2. The van der Waals surface area contributed by atoms with E-state index in [2.05, 4.69) is 60.1 Å². The van der Waals surface area contributed by atoms with E-state index in [4.69, 9.17) is 26.3 Å². The van der Waals surface area contributed by atoms with Crippen LogP contribution in [-0.2, 0) is 9.53 Å². The summed E-state index contributed by atoms with van der Waals surface area (Å²) in [5.74, 6) is 0.575. The quantitative estimate of drug-likeness (QED) is 0.575. The van der Waals surface area contributed by atoms with Crippen molar-refractivity contribution in [2.75, 3.05) is 44.2 Å². The minimum absolute atomic E-state index is 0.0545. The smallest absolute Gasteiger partial charge is 0.302 e. The lowest BCUT2D eigenvalue weighted by atomic mass is 9.70. The number of ether oxygens (including phenoxy) is 1. The highest BCUT2D eigenvalue weighted by Gasteiger charge is 2.41. The van der Waals surface area contributed by atoms with Gasteiger partial charge in [0.25, 0.3) is 0 Å². The molecule has 0 saturated carbocycles. The maximum absolute atomic E-state index is 11.0. The van der Waals surface area contributed by atoms with Crippen LogP contribution in [0.2, 0.25) is 5.02 Å². The number of piperazine rings is 1. The average molecular weight is 469 g/mol. The van der Waals surface area contributed by atoms with E-state index in [0.717, 1.165) is 67.0 Å². The van der Waals surface area contributed by atoms with Crippen molar-refractivity contribution in [2.45, 2.75) is 40.2 Å². The van der Waals surface area contributed by atoms with Gasteiger partial charge in [0.1, 0.15) is 12.4 Å². The van der Waals surface area contributed by atoms with Crippen molar-refractivity contribution in [2.24, 2.45) is 15.4 Å². The molecule has 176 valence electrons. The summed E-state index contributed by atoms with van der Waals surface area (Å²) in [5.41, 5.74) is 4.16. The van der Waals surface area contributed by atoms with Crippen LogP contribution in [0.3, 0.4) is 0 Å². The van der Waals surface area contributed by atoms with E-state index in [9.17, 15) is 4.79 Å². The number of nitrogens with zero attached hydrogens (tertiary/aromatic N) is 4. The van der Waals surface area contributed by atoms with Gasteiger partial charge in [-0.1, -0.05) is 48.4 Å². The molecule has 4 rings (SSSR count). The van der Waals surface area contributed by atoms with Gasteiger partial charge in [0.05, 0.1) is 27.9 Å². The number of amidine groups is 1. The van der Waals surface area contributed by atoms with Crippen LogP contribution in [0.1, 0.15) is 39.7 Å². The van der Waals surface area contributed by atoms with E-state index in [0.29, 0.717) is 6.61 Å². The summed E-state index contributed by atoms with van der Waals surface area (Å²) < 4.78 is 5.07. The van der Waals surface area contributed by atoms with Crippen molar-refractivity contribution < 1.29 is 9.53 Å². The highest BCUT2D eigenvalue weighted by atomic mass is 35.5. The van der Waals surface area contributed by atoms with Gasteiger partial charge >= 0.3 is 5.97 Å². The third-order valence-electron chi connectivity index (χ3n) is 6.76. The van der Waals surface area contributed by atoms with E-state index >= 15 is 0 Å². The zero-order valence-electron chi connectivity index (χ0n) is 20.0. The van der Waals surface area contributed by atoms with Gasteiger partial charge in [0.2, 0.25) is 0 Å². The number of halogens is 1. The molecule has 2 aliphatic heterocycles. The second kappa shape index (κ2) is 9.82. The monoisotopic (exact) mass is 468 g/mol. The Balaban J connectivity index is 1.50. The second-order valence-corrected chi connectivity index (χ2v) is 9.54.